The molecule has 1 aromatic rings. The Hall–Kier alpha value is -0.820. The largest absolute Gasteiger partial charge is 0.313 e. The van der Waals surface area contributed by atoms with Gasteiger partial charge in [0.05, 0.1) is 0 Å². The Morgan fingerprint density at radius 1 is 1.11 bits per heavy atom. The van der Waals surface area contributed by atoms with E-state index in [1.54, 1.807) is 0 Å². The van der Waals surface area contributed by atoms with Gasteiger partial charge in [-0.25, -0.2) is 0 Å². The highest BCUT2D eigenvalue weighted by Gasteiger charge is 2.31. The van der Waals surface area contributed by atoms with Gasteiger partial charge in [-0.1, -0.05) is 57.0 Å². The summed E-state index contributed by atoms with van der Waals surface area (Å²) in [5.74, 6) is 0. The number of rotatable bonds is 6. The maximum absolute atomic E-state index is 3.80. The molecule has 106 valence electrons. The lowest BCUT2D eigenvalue weighted by Crippen LogP contribution is -2.44. The fourth-order valence-corrected chi connectivity index (χ4v) is 3.25. The summed E-state index contributed by atoms with van der Waals surface area (Å²) >= 11 is 0. The summed E-state index contributed by atoms with van der Waals surface area (Å²) in [5.41, 5.74) is 1.97. The van der Waals surface area contributed by atoms with Gasteiger partial charge in [-0.2, -0.15) is 0 Å². The summed E-state index contributed by atoms with van der Waals surface area (Å²) in [5, 5.41) is 3.80. The molecule has 1 fully saturated rings. The molecule has 19 heavy (non-hydrogen) atoms. The number of benzene rings is 1. The Morgan fingerprint density at radius 2 is 1.89 bits per heavy atom. The summed E-state index contributed by atoms with van der Waals surface area (Å²) in [6.07, 6.45) is 9.38. The maximum Gasteiger partial charge on any atom is 0.0118 e. The van der Waals surface area contributed by atoms with Crippen molar-refractivity contribution >= 4 is 0 Å². The number of unbranched alkanes of at least 4 members (excludes halogenated alkanes) is 1. The monoisotopic (exact) mass is 259 g/mol. The molecule has 0 aromatic heterocycles. The van der Waals surface area contributed by atoms with Gasteiger partial charge in [0.25, 0.3) is 0 Å². The predicted octanol–water partition coefficient (Wildman–Crippen LogP) is 4.57. The average molecular weight is 259 g/mol. The number of hydrogen-bond donors (Lipinski definition) is 1. The van der Waals surface area contributed by atoms with Gasteiger partial charge in [-0.3, -0.25) is 0 Å². The summed E-state index contributed by atoms with van der Waals surface area (Å²) in [6, 6.07) is 11.6. The highest BCUT2D eigenvalue weighted by atomic mass is 14.9. The van der Waals surface area contributed by atoms with Crippen LogP contribution in [0.2, 0.25) is 0 Å². The molecule has 0 aliphatic heterocycles. The van der Waals surface area contributed by atoms with Crippen molar-refractivity contribution in [1.29, 1.82) is 0 Å². The third kappa shape index (κ3) is 4.65. The van der Waals surface area contributed by atoms with E-state index in [0.717, 1.165) is 6.04 Å². The molecule has 0 saturated heterocycles. The van der Waals surface area contributed by atoms with E-state index >= 15 is 0 Å². The van der Waals surface area contributed by atoms with Crippen molar-refractivity contribution < 1.29 is 0 Å². The van der Waals surface area contributed by atoms with Crippen LogP contribution in [0.1, 0.15) is 57.9 Å². The van der Waals surface area contributed by atoms with Gasteiger partial charge in [0, 0.05) is 6.04 Å². The van der Waals surface area contributed by atoms with Gasteiger partial charge < -0.3 is 5.32 Å². The number of aryl methyl sites for hydroxylation is 1. The lowest BCUT2D eigenvalue weighted by atomic mass is 9.73. The molecule has 1 saturated carbocycles. The summed E-state index contributed by atoms with van der Waals surface area (Å²) in [7, 11) is 0. The topological polar surface area (TPSA) is 12.0 Å². The molecule has 1 N–H and O–H groups in total. The smallest absolute Gasteiger partial charge is 0.0118 e. The zero-order chi connectivity index (χ0) is 13.6. The summed E-state index contributed by atoms with van der Waals surface area (Å²) in [4.78, 5) is 0. The van der Waals surface area contributed by atoms with Gasteiger partial charge in [0.1, 0.15) is 0 Å². The standard InChI is InChI=1S/C18H29N/c1-18(2)14-8-6-13-17(18)19-15-9-7-12-16-10-4-3-5-11-16/h3-5,10-11,17,19H,6-9,12-15H2,1-2H3. The molecule has 1 atom stereocenters. The van der Waals surface area contributed by atoms with Gasteiger partial charge in [0.2, 0.25) is 0 Å². The van der Waals surface area contributed by atoms with Crippen molar-refractivity contribution in [2.45, 2.75) is 64.8 Å². The molecule has 2 rings (SSSR count). The first-order valence-electron chi connectivity index (χ1n) is 7.96. The molecule has 0 bridgehead atoms. The van der Waals surface area contributed by atoms with Crippen LogP contribution in [0.5, 0.6) is 0 Å². The molecule has 0 amide bonds. The summed E-state index contributed by atoms with van der Waals surface area (Å²) < 4.78 is 0. The Labute approximate surface area is 118 Å². The number of nitrogens with one attached hydrogen (secondary N) is 1. The molecular weight excluding hydrogens is 230 g/mol. The van der Waals surface area contributed by atoms with E-state index in [-0.39, 0.29) is 0 Å². The second kappa shape index (κ2) is 7.09. The highest BCUT2D eigenvalue weighted by molar-refractivity contribution is 5.14. The van der Waals surface area contributed by atoms with E-state index < -0.39 is 0 Å². The van der Waals surface area contributed by atoms with E-state index in [1.807, 2.05) is 0 Å². The molecule has 1 aliphatic rings. The molecular formula is C18H29N. The normalized spacial score (nSPS) is 22.3. The number of hydrogen-bond acceptors (Lipinski definition) is 1. The fraction of sp³-hybridized carbons (Fsp3) is 0.667. The Bertz CT molecular complexity index is 355. The third-order valence-corrected chi connectivity index (χ3v) is 4.63. The van der Waals surface area contributed by atoms with E-state index in [2.05, 4.69) is 49.5 Å². The molecule has 0 spiro atoms. The predicted molar refractivity (Wildman–Crippen MR) is 83.4 cm³/mol. The van der Waals surface area contributed by atoms with Crippen molar-refractivity contribution in [2.24, 2.45) is 5.41 Å². The van der Waals surface area contributed by atoms with Crippen LogP contribution in [0.25, 0.3) is 0 Å². The average Bonchev–Trinajstić information content (AvgIpc) is 2.41. The lowest BCUT2D eigenvalue weighted by Gasteiger charge is -2.39. The van der Waals surface area contributed by atoms with Crippen LogP contribution in [-0.2, 0) is 6.42 Å². The van der Waals surface area contributed by atoms with E-state index in [1.165, 1.54) is 57.1 Å². The molecule has 1 nitrogen and oxygen atoms in total. The minimum Gasteiger partial charge on any atom is -0.313 e. The van der Waals surface area contributed by atoms with Crippen LogP contribution < -0.4 is 5.32 Å². The SMILES string of the molecule is CC1(C)CCCCC1NCCCCc1ccccc1. The van der Waals surface area contributed by atoms with Crippen molar-refractivity contribution in [3.05, 3.63) is 35.9 Å². The van der Waals surface area contributed by atoms with Crippen LogP contribution in [0.3, 0.4) is 0 Å². The minimum absolute atomic E-state index is 0.498. The van der Waals surface area contributed by atoms with Gasteiger partial charge in [-0.15, -0.1) is 0 Å². The first kappa shape index (κ1) is 14.6. The van der Waals surface area contributed by atoms with Crippen LogP contribution >= 0.6 is 0 Å². The molecule has 0 radical (unpaired) electrons. The van der Waals surface area contributed by atoms with Gasteiger partial charge in [0.15, 0.2) is 0 Å². The third-order valence-electron chi connectivity index (χ3n) is 4.63. The Morgan fingerprint density at radius 3 is 2.63 bits per heavy atom. The zero-order valence-electron chi connectivity index (χ0n) is 12.6. The molecule has 1 aromatic carbocycles. The Kier molecular flexibility index (Phi) is 5.45. The van der Waals surface area contributed by atoms with Gasteiger partial charge in [-0.05, 0) is 49.6 Å². The van der Waals surface area contributed by atoms with E-state index in [0.29, 0.717) is 5.41 Å². The van der Waals surface area contributed by atoms with Crippen LogP contribution in [0.15, 0.2) is 30.3 Å². The molecule has 1 unspecified atom stereocenters. The zero-order valence-corrected chi connectivity index (χ0v) is 12.6. The minimum atomic E-state index is 0.498. The Balaban J connectivity index is 1.61. The molecule has 0 heterocycles. The first-order valence-corrected chi connectivity index (χ1v) is 7.96. The van der Waals surface area contributed by atoms with E-state index in [9.17, 15) is 0 Å². The second-order valence-electron chi connectivity index (χ2n) is 6.68. The highest BCUT2D eigenvalue weighted by Crippen LogP contribution is 2.35. The van der Waals surface area contributed by atoms with Gasteiger partial charge >= 0.3 is 0 Å². The van der Waals surface area contributed by atoms with Crippen LogP contribution in [-0.4, -0.2) is 12.6 Å². The lowest BCUT2D eigenvalue weighted by molar-refractivity contribution is 0.168. The first-order chi connectivity index (χ1) is 9.18. The van der Waals surface area contributed by atoms with Crippen molar-refractivity contribution in [1.82, 2.24) is 5.32 Å². The molecule has 1 heteroatoms. The van der Waals surface area contributed by atoms with E-state index in [4.69, 9.17) is 0 Å². The summed E-state index contributed by atoms with van der Waals surface area (Å²) in [6.45, 7) is 6.03. The van der Waals surface area contributed by atoms with Crippen molar-refractivity contribution in [2.75, 3.05) is 6.54 Å². The van der Waals surface area contributed by atoms with Crippen molar-refractivity contribution in [3.8, 4) is 0 Å². The van der Waals surface area contributed by atoms with Crippen LogP contribution in [0, 0.1) is 5.41 Å². The second-order valence-corrected chi connectivity index (χ2v) is 6.68. The van der Waals surface area contributed by atoms with Crippen LogP contribution in [0.4, 0.5) is 0 Å². The quantitative estimate of drug-likeness (QED) is 0.738. The maximum atomic E-state index is 3.80. The fourth-order valence-electron chi connectivity index (χ4n) is 3.25. The molecule has 1 aliphatic carbocycles. The van der Waals surface area contributed by atoms with Crippen molar-refractivity contribution in [3.63, 3.8) is 0 Å².